The second kappa shape index (κ2) is 6.61. The van der Waals surface area contributed by atoms with Crippen molar-refractivity contribution in [3.05, 3.63) is 27.1 Å². The monoisotopic (exact) mass is 364 g/mol. The minimum absolute atomic E-state index is 0.0865. The fraction of sp³-hybridized carbons (Fsp3) is 0.200. The minimum atomic E-state index is -0.952. The van der Waals surface area contributed by atoms with E-state index in [4.69, 9.17) is 5.11 Å². The van der Waals surface area contributed by atoms with E-state index < -0.39 is 12.0 Å². The van der Waals surface area contributed by atoms with Gasteiger partial charge in [0.2, 0.25) is 0 Å². The zero-order chi connectivity index (χ0) is 12.8. The number of carbonyl (C=O) groups excluding carboxylic acids is 1. The van der Waals surface area contributed by atoms with E-state index in [1.54, 1.807) is 12.1 Å². The maximum atomic E-state index is 11.4. The maximum absolute atomic E-state index is 11.4. The fourth-order valence-corrected chi connectivity index (χ4v) is 2.25. The normalized spacial score (nSPS) is 9.76. The average molecular weight is 366 g/mol. The molecule has 1 rings (SSSR count). The van der Waals surface area contributed by atoms with Crippen molar-refractivity contribution in [3.8, 4) is 0 Å². The molecule has 3 N–H and O–H groups in total. The Bertz CT molecular complexity index is 417. The quantitative estimate of drug-likeness (QED) is 0.767. The number of urea groups is 1. The molecule has 0 atom stereocenters. The molecule has 1 aromatic rings. The van der Waals surface area contributed by atoms with Crippen molar-refractivity contribution in [1.29, 1.82) is 0 Å². The average Bonchev–Trinajstić information content (AvgIpc) is 2.23. The summed E-state index contributed by atoms with van der Waals surface area (Å²) in [7, 11) is 0. The highest BCUT2D eigenvalue weighted by Gasteiger charge is 2.08. The van der Waals surface area contributed by atoms with E-state index in [1.165, 1.54) is 0 Å². The lowest BCUT2D eigenvalue weighted by Crippen LogP contribution is -2.30. The summed E-state index contributed by atoms with van der Waals surface area (Å²) in [5.74, 6) is -0.952. The second-order valence-corrected chi connectivity index (χ2v) is 4.83. The van der Waals surface area contributed by atoms with Crippen molar-refractivity contribution in [2.45, 2.75) is 6.42 Å². The molecular formula is C10H10Br2N2O3. The first kappa shape index (κ1) is 14.0. The van der Waals surface area contributed by atoms with Crippen LogP contribution in [0.25, 0.3) is 0 Å². The number of amides is 2. The maximum Gasteiger partial charge on any atom is 0.319 e. The summed E-state index contributed by atoms with van der Waals surface area (Å²) in [6.45, 7) is 0.0865. The van der Waals surface area contributed by atoms with Gasteiger partial charge in [-0.05, 0) is 44.0 Å². The predicted octanol–water partition coefficient (Wildman–Crippen LogP) is 2.81. The number of para-hydroxylation sites is 1. The van der Waals surface area contributed by atoms with Gasteiger partial charge in [-0.1, -0.05) is 6.07 Å². The Kier molecular flexibility index (Phi) is 5.43. The Balaban J connectivity index is 2.53. The molecule has 5 nitrogen and oxygen atoms in total. The first-order valence-electron chi connectivity index (χ1n) is 4.71. The Morgan fingerprint density at radius 2 is 1.82 bits per heavy atom. The van der Waals surface area contributed by atoms with Crippen LogP contribution < -0.4 is 10.6 Å². The minimum Gasteiger partial charge on any atom is -0.481 e. The highest BCUT2D eigenvalue weighted by molar-refractivity contribution is 9.11. The van der Waals surface area contributed by atoms with Crippen molar-refractivity contribution >= 4 is 49.5 Å². The molecule has 2 amide bonds. The van der Waals surface area contributed by atoms with Gasteiger partial charge in [-0.25, -0.2) is 4.79 Å². The van der Waals surface area contributed by atoms with Gasteiger partial charge in [-0.2, -0.15) is 0 Å². The summed E-state index contributed by atoms with van der Waals surface area (Å²) in [6.07, 6.45) is -0.107. The van der Waals surface area contributed by atoms with Crippen LogP contribution in [0.1, 0.15) is 6.42 Å². The molecule has 0 unspecified atom stereocenters. The summed E-state index contributed by atoms with van der Waals surface area (Å²) in [6, 6.07) is 4.95. The number of rotatable bonds is 4. The van der Waals surface area contributed by atoms with Gasteiger partial charge >= 0.3 is 12.0 Å². The first-order chi connectivity index (χ1) is 8.00. The topological polar surface area (TPSA) is 78.4 Å². The summed E-state index contributed by atoms with van der Waals surface area (Å²) in [5.41, 5.74) is 0.598. The molecule has 0 aromatic heterocycles. The molecule has 0 saturated carbocycles. The SMILES string of the molecule is O=C(O)CCNC(=O)Nc1c(Br)cccc1Br. The van der Waals surface area contributed by atoms with Crippen LogP contribution in [0.5, 0.6) is 0 Å². The lowest BCUT2D eigenvalue weighted by molar-refractivity contribution is -0.136. The fourth-order valence-electron chi connectivity index (χ4n) is 1.06. The predicted molar refractivity (Wildman–Crippen MR) is 71.1 cm³/mol. The molecule has 92 valence electrons. The van der Waals surface area contributed by atoms with Gasteiger partial charge in [-0.15, -0.1) is 0 Å². The number of nitrogens with one attached hydrogen (secondary N) is 2. The zero-order valence-corrected chi connectivity index (χ0v) is 11.8. The van der Waals surface area contributed by atoms with Crippen LogP contribution in [0.4, 0.5) is 10.5 Å². The number of anilines is 1. The number of hydrogen-bond donors (Lipinski definition) is 3. The molecule has 0 aliphatic rings. The first-order valence-corrected chi connectivity index (χ1v) is 6.30. The molecule has 0 heterocycles. The second-order valence-electron chi connectivity index (χ2n) is 3.12. The van der Waals surface area contributed by atoms with Gasteiger partial charge in [0.1, 0.15) is 0 Å². The zero-order valence-electron chi connectivity index (χ0n) is 8.67. The van der Waals surface area contributed by atoms with Crippen molar-refractivity contribution in [2.75, 3.05) is 11.9 Å². The van der Waals surface area contributed by atoms with Crippen molar-refractivity contribution in [1.82, 2.24) is 5.32 Å². The highest BCUT2D eigenvalue weighted by atomic mass is 79.9. The third-order valence-corrected chi connectivity index (χ3v) is 3.15. The molecule has 0 aliphatic heterocycles. The molecular weight excluding hydrogens is 356 g/mol. The molecule has 0 fully saturated rings. The lowest BCUT2D eigenvalue weighted by atomic mass is 10.3. The Hall–Kier alpha value is -1.08. The number of aliphatic carboxylic acids is 1. The number of halogens is 2. The van der Waals surface area contributed by atoms with Gasteiger partial charge in [0.25, 0.3) is 0 Å². The molecule has 0 saturated heterocycles. The molecule has 0 radical (unpaired) electrons. The van der Waals surface area contributed by atoms with Crippen molar-refractivity contribution in [3.63, 3.8) is 0 Å². The third kappa shape index (κ3) is 4.74. The van der Waals surface area contributed by atoms with E-state index in [1.807, 2.05) is 6.07 Å². The lowest BCUT2D eigenvalue weighted by Gasteiger charge is -2.10. The van der Waals surface area contributed by atoms with Gasteiger partial charge in [0.05, 0.1) is 12.1 Å². The van der Waals surface area contributed by atoms with Gasteiger partial charge < -0.3 is 15.7 Å². The molecule has 0 bridgehead atoms. The van der Waals surface area contributed by atoms with Gasteiger partial charge in [-0.3, -0.25) is 4.79 Å². The third-order valence-electron chi connectivity index (χ3n) is 1.83. The van der Waals surface area contributed by atoms with E-state index in [0.29, 0.717) is 5.69 Å². The van der Waals surface area contributed by atoms with Crippen LogP contribution in [0.2, 0.25) is 0 Å². The number of carboxylic acids is 1. The molecule has 0 aliphatic carbocycles. The van der Waals surface area contributed by atoms with E-state index in [9.17, 15) is 9.59 Å². The smallest absolute Gasteiger partial charge is 0.319 e. The van der Waals surface area contributed by atoms with E-state index in [-0.39, 0.29) is 13.0 Å². The van der Waals surface area contributed by atoms with E-state index in [2.05, 4.69) is 42.5 Å². The Morgan fingerprint density at radius 1 is 1.24 bits per heavy atom. The molecule has 17 heavy (non-hydrogen) atoms. The van der Waals surface area contributed by atoms with Crippen LogP contribution >= 0.6 is 31.9 Å². The van der Waals surface area contributed by atoms with Crippen molar-refractivity contribution in [2.24, 2.45) is 0 Å². The summed E-state index contributed by atoms with van der Waals surface area (Å²) >= 11 is 6.60. The number of carboxylic acid groups (broad SMARTS) is 1. The molecule has 7 heteroatoms. The number of benzene rings is 1. The van der Waals surface area contributed by atoms with Crippen LogP contribution in [0.3, 0.4) is 0 Å². The summed E-state index contributed by atoms with van der Waals surface area (Å²) in [4.78, 5) is 21.7. The summed E-state index contributed by atoms with van der Waals surface area (Å²) in [5, 5.41) is 13.5. The Morgan fingerprint density at radius 3 is 2.35 bits per heavy atom. The van der Waals surface area contributed by atoms with E-state index >= 15 is 0 Å². The van der Waals surface area contributed by atoms with Crippen LogP contribution in [-0.2, 0) is 4.79 Å². The summed E-state index contributed by atoms with van der Waals surface area (Å²) < 4.78 is 1.47. The molecule has 1 aromatic carbocycles. The standard InChI is InChI=1S/C10H10Br2N2O3/c11-6-2-1-3-7(12)9(6)14-10(17)13-5-4-8(15)16/h1-3H,4-5H2,(H,15,16)(H2,13,14,17). The largest absolute Gasteiger partial charge is 0.481 e. The van der Waals surface area contributed by atoms with Crippen molar-refractivity contribution < 1.29 is 14.7 Å². The van der Waals surface area contributed by atoms with Gasteiger partial charge in [0, 0.05) is 15.5 Å². The van der Waals surface area contributed by atoms with Crippen LogP contribution in [0.15, 0.2) is 27.1 Å². The highest BCUT2D eigenvalue weighted by Crippen LogP contribution is 2.30. The molecule has 0 spiro atoms. The number of hydrogen-bond acceptors (Lipinski definition) is 2. The Labute approximate surface area is 115 Å². The van der Waals surface area contributed by atoms with E-state index in [0.717, 1.165) is 8.95 Å². The van der Waals surface area contributed by atoms with Crippen LogP contribution in [0, 0.1) is 0 Å². The van der Waals surface area contributed by atoms with Crippen LogP contribution in [-0.4, -0.2) is 23.7 Å². The van der Waals surface area contributed by atoms with Gasteiger partial charge in [0.15, 0.2) is 0 Å². The number of carbonyl (C=O) groups is 2.